The molecule has 0 bridgehead atoms. The van der Waals surface area contributed by atoms with Crippen LogP contribution in [0.5, 0.6) is 5.88 Å². The van der Waals surface area contributed by atoms with E-state index in [0.29, 0.717) is 0 Å². The number of carbonyl (C=O) groups is 1. The van der Waals surface area contributed by atoms with E-state index >= 15 is 0 Å². The number of nitrogens with zero attached hydrogens (tertiary/aromatic N) is 1. The highest BCUT2D eigenvalue weighted by molar-refractivity contribution is 6.34. The first kappa shape index (κ1) is 12.8. The van der Waals surface area contributed by atoms with Gasteiger partial charge in [0.05, 0.1) is 11.7 Å². The molecule has 0 fully saturated rings. The highest BCUT2D eigenvalue weighted by Crippen LogP contribution is 2.26. The Kier molecular flexibility index (Phi) is 4.55. The number of aromatic nitrogens is 1. The van der Waals surface area contributed by atoms with Crippen LogP contribution in [0.1, 0.15) is 37.0 Å². The minimum absolute atomic E-state index is 0.00960. The van der Waals surface area contributed by atoms with E-state index in [4.69, 9.17) is 21.4 Å². The zero-order valence-corrected chi connectivity index (χ0v) is 9.99. The van der Waals surface area contributed by atoms with E-state index in [-0.39, 0.29) is 22.6 Å². The summed E-state index contributed by atoms with van der Waals surface area (Å²) in [4.78, 5) is 14.7. The zero-order chi connectivity index (χ0) is 12.1. The van der Waals surface area contributed by atoms with Gasteiger partial charge in [-0.1, -0.05) is 24.9 Å². The maximum absolute atomic E-state index is 10.8. The third kappa shape index (κ3) is 3.10. The molecule has 0 saturated carbocycles. The number of carboxylic acids is 1. The summed E-state index contributed by atoms with van der Waals surface area (Å²) < 4.78 is 5.47. The Bertz CT molecular complexity index is 381. The molecule has 0 amide bonds. The average Bonchev–Trinajstić information content (AvgIpc) is 2.21. The van der Waals surface area contributed by atoms with Gasteiger partial charge in [-0.05, 0) is 19.4 Å². The summed E-state index contributed by atoms with van der Waals surface area (Å²) in [5, 5.41) is 8.91. The molecule has 1 aromatic heterocycles. The van der Waals surface area contributed by atoms with Crippen molar-refractivity contribution in [3.63, 3.8) is 0 Å². The maximum Gasteiger partial charge on any atom is 0.337 e. The van der Waals surface area contributed by atoms with Crippen LogP contribution >= 0.6 is 11.6 Å². The van der Waals surface area contributed by atoms with E-state index < -0.39 is 5.97 Å². The molecule has 1 rings (SSSR count). The number of aromatic carboxylic acids is 1. The summed E-state index contributed by atoms with van der Waals surface area (Å²) in [6, 6.07) is 1.35. The molecule has 0 aromatic carbocycles. The van der Waals surface area contributed by atoms with Gasteiger partial charge in [0.2, 0.25) is 5.88 Å². The first-order valence-corrected chi connectivity index (χ1v) is 5.48. The lowest BCUT2D eigenvalue weighted by Gasteiger charge is -2.14. The van der Waals surface area contributed by atoms with E-state index in [9.17, 15) is 4.79 Å². The highest BCUT2D eigenvalue weighted by atomic mass is 35.5. The molecule has 1 heterocycles. The topological polar surface area (TPSA) is 59.4 Å². The van der Waals surface area contributed by atoms with Crippen LogP contribution in [-0.4, -0.2) is 22.2 Å². The molecule has 0 aliphatic carbocycles. The minimum atomic E-state index is -1.08. The van der Waals surface area contributed by atoms with Crippen molar-refractivity contribution in [2.24, 2.45) is 0 Å². The molecule has 0 saturated heterocycles. The predicted molar refractivity (Wildman–Crippen MR) is 61.2 cm³/mol. The summed E-state index contributed by atoms with van der Waals surface area (Å²) in [6.45, 7) is 3.94. The zero-order valence-electron chi connectivity index (χ0n) is 9.24. The molecule has 1 aromatic rings. The molecule has 0 radical (unpaired) electrons. The summed E-state index contributed by atoms with van der Waals surface area (Å²) >= 11 is 5.88. The first-order chi connectivity index (χ1) is 7.56. The number of pyridine rings is 1. The molecule has 88 valence electrons. The lowest BCUT2D eigenvalue weighted by atomic mass is 10.2. The number of carboxylic acid groups (broad SMARTS) is 1. The Morgan fingerprint density at radius 1 is 1.69 bits per heavy atom. The Balaban J connectivity index is 2.89. The number of ether oxygens (including phenoxy) is 1. The van der Waals surface area contributed by atoms with Gasteiger partial charge in [-0.3, -0.25) is 0 Å². The molecule has 1 unspecified atom stereocenters. The number of rotatable bonds is 5. The summed E-state index contributed by atoms with van der Waals surface area (Å²) in [5.41, 5.74) is 0.00960. The smallest absolute Gasteiger partial charge is 0.337 e. The second-order valence-corrected chi connectivity index (χ2v) is 3.88. The second kappa shape index (κ2) is 5.70. The SMILES string of the molecule is CCCC(C)Oc1nccc(C(=O)O)c1Cl. The summed E-state index contributed by atoms with van der Waals surface area (Å²) in [5.74, 6) is -0.900. The van der Waals surface area contributed by atoms with Crippen molar-refractivity contribution < 1.29 is 14.6 Å². The van der Waals surface area contributed by atoms with Gasteiger partial charge in [0.15, 0.2) is 0 Å². The summed E-state index contributed by atoms with van der Waals surface area (Å²) in [6.07, 6.45) is 3.20. The fourth-order valence-electron chi connectivity index (χ4n) is 1.33. The standard InChI is InChI=1S/C11H14ClNO3/c1-3-4-7(2)16-10-9(12)8(11(14)15)5-6-13-10/h5-7H,3-4H2,1-2H3,(H,14,15). The van der Waals surface area contributed by atoms with Crippen molar-refractivity contribution >= 4 is 17.6 Å². The molecule has 4 nitrogen and oxygen atoms in total. The Hall–Kier alpha value is -1.29. The normalized spacial score (nSPS) is 12.2. The highest BCUT2D eigenvalue weighted by Gasteiger charge is 2.15. The van der Waals surface area contributed by atoms with Crippen LogP contribution in [0.3, 0.4) is 0 Å². The minimum Gasteiger partial charge on any atom is -0.478 e. The van der Waals surface area contributed by atoms with Gasteiger partial charge in [0.1, 0.15) is 5.02 Å². The van der Waals surface area contributed by atoms with Gasteiger partial charge in [0.25, 0.3) is 0 Å². The van der Waals surface area contributed by atoms with E-state index in [0.717, 1.165) is 12.8 Å². The average molecular weight is 244 g/mol. The third-order valence-corrected chi connectivity index (χ3v) is 2.46. The van der Waals surface area contributed by atoms with E-state index in [1.807, 2.05) is 13.8 Å². The van der Waals surface area contributed by atoms with Crippen molar-refractivity contribution in [2.75, 3.05) is 0 Å². The maximum atomic E-state index is 10.8. The molecule has 0 spiro atoms. The van der Waals surface area contributed by atoms with Crippen LogP contribution in [0.2, 0.25) is 5.02 Å². The van der Waals surface area contributed by atoms with Crippen LogP contribution in [0.15, 0.2) is 12.3 Å². The fraction of sp³-hybridized carbons (Fsp3) is 0.455. The van der Waals surface area contributed by atoms with Crippen LogP contribution in [-0.2, 0) is 0 Å². The van der Waals surface area contributed by atoms with Crippen molar-refractivity contribution in [2.45, 2.75) is 32.8 Å². The van der Waals surface area contributed by atoms with Crippen molar-refractivity contribution in [1.29, 1.82) is 0 Å². The van der Waals surface area contributed by atoms with Crippen LogP contribution in [0, 0.1) is 0 Å². The molecular weight excluding hydrogens is 230 g/mol. The monoisotopic (exact) mass is 243 g/mol. The first-order valence-electron chi connectivity index (χ1n) is 5.10. The largest absolute Gasteiger partial charge is 0.478 e. The Morgan fingerprint density at radius 2 is 2.38 bits per heavy atom. The molecule has 16 heavy (non-hydrogen) atoms. The third-order valence-electron chi connectivity index (χ3n) is 2.10. The Labute approximate surface area is 99.2 Å². The lowest BCUT2D eigenvalue weighted by molar-refractivity contribution is 0.0696. The van der Waals surface area contributed by atoms with Crippen molar-refractivity contribution in [1.82, 2.24) is 4.98 Å². The van der Waals surface area contributed by atoms with E-state index in [2.05, 4.69) is 4.98 Å². The lowest BCUT2D eigenvalue weighted by Crippen LogP contribution is -2.13. The fourth-order valence-corrected chi connectivity index (χ4v) is 1.57. The summed E-state index contributed by atoms with van der Waals surface area (Å²) in [7, 11) is 0. The Morgan fingerprint density at radius 3 is 2.94 bits per heavy atom. The second-order valence-electron chi connectivity index (χ2n) is 3.50. The number of hydrogen-bond acceptors (Lipinski definition) is 3. The molecule has 0 aliphatic heterocycles. The van der Waals surface area contributed by atoms with Gasteiger partial charge in [-0.15, -0.1) is 0 Å². The molecule has 1 N–H and O–H groups in total. The number of halogens is 1. The predicted octanol–water partition coefficient (Wildman–Crippen LogP) is 3.00. The van der Waals surface area contributed by atoms with Crippen LogP contribution in [0.25, 0.3) is 0 Å². The molecule has 0 aliphatic rings. The van der Waals surface area contributed by atoms with E-state index in [1.165, 1.54) is 12.3 Å². The number of hydrogen-bond donors (Lipinski definition) is 1. The van der Waals surface area contributed by atoms with Gasteiger partial charge in [0, 0.05) is 6.20 Å². The van der Waals surface area contributed by atoms with E-state index in [1.54, 1.807) is 0 Å². The van der Waals surface area contributed by atoms with Crippen molar-refractivity contribution in [3.8, 4) is 5.88 Å². The van der Waals surface area contributed by atoms with Crippen molar-refractivity contribution in [3.05, 3.63) is 22.8 Å². The van der Waals surface area contributed by atoms with Gasteiger partial charge >= 0.3 is 5.97 Å². The van der Waals surface area contributed by atoms with Gasteiger partial charge in [-0.25, -0.2) is 9.78 Å². The van der Waals surface area contributed by atoms with Gasteiger partial charge < -0.3 is 9.84 Å². The van der Waals surface area contributed by atoms with Crippen LogP contribution in [0.4, 0.5) is 0 Å². The van der Waals surface area contributed by atoms with Gasteiger partial charge in [-0.2, -0.15) is 0 Å². The quantitative estimate of drug-likeness (QED) is 0.864. The van der Waals surface area contributed by atoms with Crippen LogP contribution < -0.4 is 4.74 Å². The molecule has 1 atom stereocenters. The molecular formula is C11H14ClNO3. The molecule has 5 heteroatoms.